The SMILES string of the molecule is CC[C@@]1(OC(=O)c2ccccc2C(F)(F)F)C(=O)OCc2c1cc1n(c2=O)Cc2cc3c(N)cccc3nc2-1. The molecular formula is C28H20F3N3O5. The molecule has 0 unspecified atom stereocenters. The predicted molar refractivity (Wildman–Crippen MR) is 134 cm³/mol. The van der Waals surface area contributed by atoms with E-state index in [1.165, 1.54) is 17.6 Å². The molecular weight excluding hydrogens is 515 g/mol. The van der Waals surface area contributed by atoms with Crippen molar-refractivity contribution in [3.05, 3.63) is 92.8 Å². The molecule has 0 radical (unpaired) electrons. The lowest BCUT2D eigenvalue weighted by molar-refractivity contribution is -0.173. The van der Waals surface area contributed by atoms with Gasteiger partial charge in [-0.2, -0.15) is 13.2 Å². The molecule has 1 atom stereocenters. The summed E-state index contributed by atoms with van der Waals surface area (Å²) in [4.78, 5) is 44.6. The molecule has 0 saturated heterocycles. The fourth-order valence-electron chi connectivity index (χ4n) is 5.30. The largest absolute Gasteiger partial charge is 0.457 e. The number of hydrogen-bond donors (Lipinski definition) is 1. The van der Waals surface area contributed by atoms with Crippen molar-refractivity contribution in [1.29, 1.82) is 0 Å². The third-order valence-corrected chi connectivity index (χ3v) is 7.27. The molecule has 6 rings (SSSR count). The first-order valence-electron chi connectivity index (χ1n) is 12.1. The van der Waals surface area contributed by atoms with Gasteiger partial charge in [0.1, 0.15) is 6.61 Å². The van der Waals surface area contributed by atoms with Gasteiger partial charge in [-0.25, -0.2) is 14.6 Å². The second-order valence-electron chi connectivity index (χ2n) is 9.41. The Hall–Kier alpha value is -4.67. The lowest BCUT2D eigenvalue weighted by atomic mass is 9.85. The molecule has 2 aliphatic rings. The van der Waals surface area contributed by atoms with Crippen molar-refractivity contribution in [2.24, 2.45) is 0 Å². The van der Waals surface area contributed by atoms with E-state index in [2.05, 4.69) is 0 Å². The molecule has 4 heterocycles. The average molecular weight is 535 g/mol. The molecule has 11 heteroatoms. The van der Waals surface area contributed by atoms with Crippen LogP contribution in [0.5, 0.6) is 0 Å². The summed E-state index contributed by atoms with van der Waals surface area (Å²) in [5.41, 5.74) is 4.41. The third kappa shape index (κ3) is 3.60. The van der Waals surface area contributed by atoms with Crippen molar-refractivity contribution in [2.45, 2.75) is 38.3 Å². The lowest BCUT2D eigenvalue weighted by Gasteiger charge is -2.35. The number of nitrogens with zero attached hydrogens (tertiary/aromatic N) is 2. The number of alkyl halides is 3. The van der Waals surface area contributed by atoms with Gasteiger partial charge in [-0.3, -0.25) is 4.79 Å². The smallest absolute Gasteiger partial charge is 0.417 e. The van der Waals surface area contributed by atoms with Gasteiger partial charge in [0.15, 0.2) is 0 Å². The zero-order chi connectivity index (χ0) is 27.7. The fraction of sp³-hybridized carbons (Fsp3) is 0.214. The summed E-state index contributed by atoms with van der Waals surface area (Å²) in [5.74, 6) is -2.34. The van der Waals surface area contributed by atoms with Gasteiger partial charge >= 0.3 is 18.1 Å². The highest BCUT2D eigenvalue weighted by Crippen LogP contribution is 2.42. The second kappa shape index (κ2) is 8.42. The first-order chi connectivity index (χ1) is 18.5. The summed E-state index contributed by atoms with van der Waals surface area (Å²) in [6, 6.07) is 12.8. The van der Waals surface area contributed by atoms with Crippen LogP contribution in [0.15, 0.2) is 59.4 Å². The number of anilines is 1. The number of aromatic nitrogens is 2. The third-order valence-electron chi connectivity index (χ3n) is 7.27. The van der Waals surface area contributed by atoms with Crippen LogP contribution < -0.4 is 11.3 Å². The van der Waals surface area contributed by atoms with Gasteiger partial charge < -0.3 is 19.8 Å². The van der Waals surface area contributed by atoms with Crippen LogP contribution in [0.4, 0.5) is 18.9 Å². The number of carbonyl (C=O) groups excluding carboxylic acids is 2. The van der Waals surface area contributed by atoms with Crippen molar-refractivity contribution < 1.29 is 32.2 Å². The van der Waals surface area contributed by atoms with Gasteiger partial charge in [-0.15, -0.1) is 0 Å². The van der Waals surface area contributed by atoms with E-state index in [1.54, 1.807) is 24.3 Å². The van der Waals surface area contributed by atoms with Crippen LogP contribution in [0, 0.1) is 0 Å². The maximum atomic E-state index is 13.6. The summed E-state index contributed by atoms with van der Waals surface area (Å²) in [7, 11) is 0. The van der Waals surface area contributed by atoms with Crippen molar-refractivity contribution in [3.63, 3.8) is 0 Å². The zero-order valence-corrected chi connectivity index (χ0v) is 20.5. The highest BCUT2D eigenvalue weighted by molar-refractivity contribution is 5.96. The Morgan fingerprint density at radius 1 is 1.15 bits per heavy atom. The number of pyridine rings is 2. The molecule has 0 bridgehead atoms. The number of cyclic esters (lactones) is 1. The number of halogens is 3. The number of esters is 2. The predicted octanol–water partition coefficient (Wildman–Crippen LogP) is 4.55. The monoisotopic (exact) mass is 535 g/mol. The molecule has 2 aromatic carbocycles. The Labute approximate surface area is 218 Å². The molecule has 0 amide bonds. The van der Waals surface area contributed by atoms with E-state index < -0.39 is 40.4 Å². The number of benzene rings is 2. The molecule has 4 aromatic rings. The maximum absolute atomic E-state index is 13.6. The number of nitrogen functional groups attached to an aromatic ring is 1. The Morgan fingerprint density at radius 3 is 2.67 bits per heavy atom. The van der Waals surface area contributed by atoms with Gasteiger partial charge in [-0.1, -0.05) is 25.1 Å². The topological polar surface area (TPSA) is 114 Å². The van der Waals surface area contributed by atoms with Gasteiger partial charge in [0.25, 0.3) is 5.56 Å². The van der Waals surface area contributed by atoms with Crippen LogP contribution in [0.3, 0.4) is 0 Å². The molecule has 198 valence electrons. The van der Waals surface area contributed by atoms with Gasteiger partial charge in [0.05, 0.1) is 40.1 Å². The lowest BCUT2D eigenvalue weighted by Crippen LogP contribution is -2.47. The summed E-state index contributed by atoms with van der Waals surface area (Å²) in [5, 5.41) is 0.723. The average Bonchev–Trinajstić information content (AvgIpc) is 3.27. The van der Waals surface area contributed by atoms with E-state index in [-0.39, 0.29) is 30.7 Å². The van der Waals surface area contributed by atoms with Gasteiger partial charge in [0.2, 0.25) is 5.60 Å². The quantitative estimate of drug-likeness (QED) is 0.266. The van der Waals surface area contributed by atoms with Crippen LogP contribution in [0.25, 0.3) is 22.3 Å². The molecule has 2 aromatic heterocycles. The van der Waals surface area contributed by atoms with Crippen LogP contribution in [-0.4, -0.2) is 21.5 Å². The number of nitrogens with two attached hydrogens (primary N) is 1. The Balaban J connectivity index is 1.52. The number of ether oxygens (including phenoxy) is 2. The number of hydrogen-bond acceptors (Lipinski definition) is 7. The fourth-order valence-corrected chi connectivity index (χ4v) is 5.30. The van der Waals surface area contributed by atoms with E-state index in [4.69, 9.17) is 20.2 Å². The minimum Gasteiger partial charge on any atom is -0.457 e. The van der Waals surface area contributed by atoms with E-state index in [9.17, 15) is 27.6 Å². The number of carbonyl (C=O) groups is 2. The summed E-state index contributed by atoms with van der Waals surface area (Å²) < 4.78 is 53.1. The standard InChI is InChI=1S/C28H20F3N3O5/c1-2-27(39-25(36)15-6-3-4-7-18(15)28(29,30)31)19-11-22-23-14(10-16-20(32)8-5-9-21(16)33-23)12-34(22)24(35)17(19)13-38-26(27)37/h3-11H,2,12-13,32H2,1H3/t27-/m0/s1. The van der Waals surface area contributed by atoms with E-state index in [0.29, 0.717) is 22.6 Å². The molecule has 39 heavy (non-hydrogen) atoms. The summed E-state index contributed by atoms with van der Waals surface area (Å²) in [6.07, 6.45) is -5.02. The molecule has 0 fully saturated rings. The number of rotatable bonds is 3. The second-order valence-corrected chi connectivity index (χ2v) is 9.41. The van der Waals surface area contributed by atoms with Gasteiger partial charge in [-0.05, 0) is 42.8 Å². The van der Waals surface area contributed by atoms with Crippen molar-refractivity contribution >= 4 is 28.5 Å². The van der Waals surface area contributed by atoms with E-state index in [0.717, 1.165) is 29.1 Å². The highest BCUT2D eigenvalue weighted by atomic mass is 19.4. The number of fused-ring (bicyclic) bond motifs is 5. The molecule has 0 aliphatic carbocycles. The molecule has 8 nitrogen and oxygen atoms in total. The first kappa shape index (κ1) is 24.7. The van der Waals surface area contributed by atoms with Crippen LogP contribution in [0.2, 0.25) is 0 Å². The van der Waals surface area contributed by atoms with Crippen molar-refractivity contribution in [3.8, 4) is 11.4 Å². The summed E-state index contributed by atoms with van der Waals surface area (Å²) >= 11 is 0. The van der Waals surface area contributed by atoms with Crippen molar-refractivity contribution in [1.82, 2.24) is 9.55 Å². The minimum absolute atomic E-state index is 0.0673. The molecule has 0 spiro atoms. The maximum Gasteiger partial charge on any atom is 0.417 e. The van der Waals surface area contributed by atoms with E-state index in [1.807, 2.05) is 6.07 Å². The minimum atomic E-state index is -4.83. The Morgan fingerprint density at radius 2 is 1.92 bits per heavy atom. The van der Waals surface area contributed by atoms with E-state index >= 15 is 0 Å². The molecule has 2 N–H and O–H groups in total. The van der Waals surface area contributed by atoms with Gasteiger partial charge in [0, 0.05) is 22.2 Å². The first-order valence-corrected chi connectivity index (χ1v) is 12.1. The molecule has 0 saturated carbocycles. The molecule has 2 aliphatic heterocycles. The Bertz CT molecular complexity index is 1780. The van der Waals surface area contributed by atoms with Crippen LogP contribution in [0.1, 0.15) is 46.0 Å². The van der Waals surface area contributed by atoms with Crippen LogP contribution in [-0.2, 0) is 39.2 Å². The van der Waals surface area contributed by atoms with Crippen LogP contribution >= 0.6 is 0 Å². The highest BCUT2D eigenvalue weighted by Gasteiger charge is 2.51. The zero-order valence-electron chi connectivity index (χ0n) is 20.5. The van der Waals surface area contributed by atoms with Crippen molar-refractivity contribution in [2.75, 3.05) is 5.73 Å². The summed E-state index contributed by atoms with van der Waals surface area (Å²) in [6.45, 7) is 1.34. The normalized spacial score (nSPS) is 17.8. The Kier molecular flexibility index (Phi) is 5.32.